The molecular weight excluding hydrogens is 371 g/mol. The average molecular weight is 395 g/mol. The molecule has 1 aromatic rings. The second kappa shape index (κ2) is 7.40. The Balaban J connectivity index is 1.37. The quantitative estimate of drug-likeness (QED) is 0.813. The Morgan fingerprint density at radius 3 is 2.73 bits per heavy atom. The molecule has 140 valence electrons. The molecule has 1 heterocycles. The van der Waals surface area contributed by atoms with Crippen molar-refractivity contribution in [2.45, 2.75) is 63.6 Å². The third-order valence-electron chi connectivity index (χ3n) is 6.31. The second-order valence-electron chi connectivity index (χ2n) is 8.00. The molecule has 1 aromatic carbocycles. The first-order valence-electron chi connectivity index (χ1n) is 9.52. The highest BCUT2D eigenvalue weighted by Crippen LogP contribution is 2.44. The molecule has 4 atom stereocenters. The first-order valence-corrected chi connectivity index (χ1v) is 10.3. The number of nitrogens with one attached hydrogen (secondary N) is 1. The lowest BCUT2D eigenvalue weighted by Gasteiger charge is -2.27. The molecule has 1 saturated heterocycles. The number of hydrogen-bond acceptors (Lipinski definition) is 2. The van der Waals surface area contributed by atoms with Crippen molar-refractivity contribution in [1.82, 2.24) is 10.2 Å². The zero-order chi connectivity index (χ0) is 18.3. The fourth-order valence-electron chi connectivity index (χ4n) is 4.96. The number of fused-ring (bicyclic) bond motifs is 2. The Hall–Kier alpha value is -1.26. The Morgan fingerprint density at radius 1 is 1.19 bits per heavy atom. The zero-order valence-corrected chi connectivity index (χ0v) is 16.2. The molecule has 2 bridgehead atoms. The van der Waals surface area contributed by atoms with Gasteiger partial charge in [0.1, 0.15) is 0 Å². The molecule has 3 fully saturated rings. The van der Waals surface area contributed by atoms with Crippen molar-refractivity contribution >= 4 is 35.0 Å². The molecule has 1 aliphatic heterocycles. The van der Waals surface area contributed by atoms with Crippen LogP contribution < -0.4 is 5.32 Å². The van der Waals surface area contributed by atoms with Gasteiger partial charge in [0.25, 0.3) is 0 Å². The number of benzene rings is 1. The lowest BCUT2D eigenvalue weighted by atomic mass is 9.95. The fraction of sp³-hybridized carbons (Fsp3) is 0.600. The summed E-state index contributed by atoms with van der Waals surface area (Å²) in [5, 5.41) is 4.37. The summed E-state index contributed by atoms with van der Waals surface area (Å²) in [6.07, 6.45) is 6.58. The van der Waals surface area contributed by atoms with Gasteiger partial charge in [0.2, 0.25) is 11.8 Å². The van der Waals surface area contributed by atoms with E-state index in [1.807, 2.05) is 6.07 Å². The molecule has 6 heteroatoms. The number of nitrogens with zero attached hydrogens (tertiary/aromatic N) is 1. The molecule has 2 amide bonds. The number of carbonyl (C=O) groups excluding carboxylic acids is 2. The summed E-state index contributed by atoms with van der Waals surface area (Å²) in [6.45, 7) is 0.431. The second-order valence-corrected chi connectivity index (χ2v) is 8.85. The van der Waals surface area contributed by atoms with Crippen molar-refractivity contribution in [2.24, 2.45) is 11.8 Å². The van der Waals surface area contributed by atoms with E-state index in [0.717, 1.165) is 24.3 Å². The van der Waals surface area contributed by atoms with E-state index in [2.05, 4.69) is 5.32 Å². The fourth-order valence-corrected chi connectivity index (χ4v) is 5.43. The van der Waals surface area contributed by atoms with Crippen molar-refractivity contribution in [3.63, 3.8) is 0 Å². The van der Waals surface area contributed by atoms with Gasteiger partial charge in [0, 0.05) is 41.5 Å². The van der Waals surface area contributed by atoms with Gasteiger partial charge >= 0.3 is 0 Å². The summed E-state index contributed by atoms with van der Waals surface area (Å²) < 4.78 is 0. The van der Waals surface area contributed by atoms with Gasteiger partial charge in [0.05, 0.1) is 0 Å². The topological polar surface area (TPSA) is 49.4 Å². The normalized spacial score (nSPS) is 30.2. The Bertz CT molecular complexity index is 724. The smallest absolute Gasteiger partial charge is 0.223 e. The standard InChI is InChI=1S/C20H24Cl2N2O2/c21-15-4-3-14(17(22)9-15)11-24-16(5-6-20(24)26)10-19(25)23-18-8-12-1-2-13(18)7-12/h3-4,9,12-13,16,18H,1-2,5-8,10-11H2,(H,23,25). The summed E-state index contributed by atoms with van der Waals surface area (Å²) in [5.74, 6) is 1.64. The maximum absolute atomic E-state index is 12.6. The van der Waals surface area contributed by atoms with Crippen molar-refractivity contribution in [3.05, 3.63) is 33.8 Å². The van der Waals surface area contributed by atoms with E-state index in [1.165, 1.54) is 19.3 Å². The van der Waals surface area contributed by atoms with Gasteiger partial charge in [-0.15, -0.1) is 0 Å². The van der Waals surface area contributed by atoms with Gasteiger partial charge in [-0.05, 0) is 55.2 Å². The van der Waals surface area contributed by atoms with Crippen molar-refractivity contribution in [2.75, 3.05) is 0 Å². The molecule has 4 rings (SSSR count). The van der Waals surface area contributed by atoms with Gasteiger partial charge in [-0.3, -0.25) is 9.59 Å². The Kier molecular flexibility index (Phi) is 5.15. The number of rotatable bonds is 5. The summed E-state index contributed by atoms with van der Waals surface area (Å²) in [7, 11) is 0. The minimum Gasteiger partial charge on any atom is -0.353 e. The SMILES string of the molecule is O=C(CC1CCC(=O)N1Cc1ccc(Cl)cc1Cl)NC1CC2CCC1C2. The molecule has 4 nitrogen and oxygen atoms in total. The lowest BCUT2D eigenvalue weighted by molar-refractivity contribution is -0.130. The minimum atomic E-state index is -0.0483. The van der Waals surface area contributed by atoms with E-state index in [1.54, 1.807) is 17.0 Å². The van der Waals surface area contributed by atoms with Crippen LogP contribution in [-0.2, 0) is 16.1 Å². The van der Waals surface area contributed by atoms with E-state index in [0.29, 0.717) is 41.4 Å². The van der Waals surface area contributed by atoms with Crippen LogP contribution in [0.25, 0.3) is 0 Å². The van der Waals surface area contributed by atoms with Crippen LogP contribution in [0, 0.1) is 11.8 Å². The van der Waals surface area contributed by atoms with E-state index in [9.17, 15) is 9.59 Å². The Labute approximate surface area is 164 Å². The summed E-state index contributed by atoms with van der Waals surface area (Å²) >= 11 is 12.2. The largest absolute Gasteiger partial charge is 0.353 e. The molecule has 26 heavy (non-hydrogen) atoms. The molecule has 2 aliphatic carbocycles. The molecular formula is C20H24Cl2N2O2. The van der Waals surface area contributed by atoms with Gasteiger partial charge in [-0.25, -0.2) is 0 Å². The highest BCUT2D eigenvalue weighted by Gasteiger charge is 2.40. The van der Waals surface area contributed by atoms with Crippen molar-refractivity contribution < 1.29 is 9.59 Å². The number of carbonyl (C=O) groups is 2. The maximum Gasteiger partial charge on any atom is 0.223 e. The first-order chi connectivity index (χ1) is 12.5. The number of likely N-dealkylation sites (tertiary alicyclic amines) is 1. The summed E-state index contributed by atoms with van der Waals surface area (Å²) in [4.78, 5) is 26.7. The van der Waals surface area contributed by atoms with Crippen LogP contribution in [0.1, 0.15) is 50.5 Å². The first kappa shape index (κ1) is 18.1. The van der Waals surface area contributed by atoms with E-state index in [4.69, 9.17) is 23.2 Å². The predicted octanol–water partition coefficient (Wildman–Crippen LogP) is 4.18. The molecule has 1 N–H and O–H groups in total. The predicted molar refractivity (Wildman–Crippen MR) is 102 cm³/mol. The van der Waals surface area contributed by atoms with Crippen molar-refractivity contribution in [1.29, 1.82) is 0 Å². The zero-order valence-electron chi connectivity index (χ0n) is 14.7. The number of amides is 2. The van der Waals surface area contributed by atoms with Crippen LogP contribution in [0.4, 0.5) is 0 Å². The highest BCUT2D eigenvalue weighted by molar-refractivity contribution is 6.35. The van der Waals surface area contributed by atoms with Gasteiger partial charge in [0.15, 0.2) is 0 Å². The summed E-state index contributed by atoms with van der Waals surface area (Å²) in [5.41, 5.74) is 0.866. The van der Waals surface area contributed by atoms with Crippen LogP contribution in [0.5, 0.6) is 0 Å². The van der Waals surface area contributed by atoms with Crippen LogP contribution >= 0.6 is 23.2 Å². The van der Waals surface area contributed by atoms with E-state index in [-0.39, 0.29) is 17.9 Å². The summed E-state index contributed by atoms with van der Waals surface area (Å²) in [6, 6.07) is 5.61. The van der Waals surface area contributed by atoms with Crippen molar-refractivity contribution in [3.8, 4) is 0 Å². The van der Waals surface area contributed by atoms with Crippen LogP contribution in [0.3, 0.4) is 0 Å². The number of hydrogen-bond donors (Lipinski definition) is 1. The van der Waals surface area contributed by atoms with Gasteiger partial charge in [-0.1, -0.05) is 35.7 Å². The molecule has 0 spiro atoms. The van der Waals surface area contributed by atoms with Gasteiger partial charge in [-0.2, -0.15) is 0 Å². The molecule has 2 saturated carbocycles. The minimum absolute atomic E-state index is 0.0483. The molecule has 4 unspecified atom stereocenters. The molecule has 3 aliphatic rings. The Morgan fingerprint density at radius 2 is 2.04 bits per heavy atom. The molecule has 0 aromatic heterocycles. The van der Waals surface area contributed by atoms with Crippen LogP contribution in [0.15, 0.2) is 18.2 Å². The van der Waals surface area contributed by atoms with Crippen LogP contribution in [-0.4, -0.2) is 28.8 Å². The lowest BCUT2D eigenvalue weighted by Crippen LogP contribution is -2.42. The maximum atomic E-state index is 12.6. The average Bonchev–Trinajstić information content (AvgIpc) is 3.28. The third kappa shape index (κ3) is 3.72. The highest BCUT2D eigenvalue weighted by atomic mass is 35.5. The monoisotopic (exact) mass is 394 g/mol. The third-order valence-corrected chi connectivity index (χ3v) is 6.90. The molecule has 0 radical (unpaired) electrons. The van der Waals surface area contributed by atoms with E-state index >= 15 is 0 Å². The number of halogens is 2. The van der Waals surface area contributed by atoms with Crippen LogP contribution in [0.2, 0.25) is 10.0 Å². The van der Waals surface area contributed by atoms with Gasteiger partial charge < -0.3 is 10.2 Å². The van der Waals surface area contributed by atoms with E-state index < -0.39 is 0 Å².